The lowest BCUT2D eigenvalue weighted by molar-refractivity contribution is 0.0785. The van der Waals surface area contributed by atoms with Gasteiger partial charge in [0.25, 0.3) is 5.91 Å². The molecule has 0 aromatic carbocycles. The molecule has 0 spiro atoms. The summed E-state index contributed by atoms with van der Waals surface area (Å²) in [7, 11) is 3.30. The van der Waals surface area contributed by atoms with Gasteiger partial charge in [0, 0.05) is 33.0 Å². The van der Waals surface area contributed by atoms with Gasteiger partial charge in [-0.15, -0.1) is 0 Å². The van der Waals surface area contributed by atoms with Gasteiger partial charge in [0.1, 0.15) is 11.6 Å². The number of anilines is 1. The maximum absolute atomic E-state index is 13.3. The average Bonchev–Trinajstić information content (AvgIpc) is 2.47. The number of nitrogens with one attached hydrogen (secondary N) is 1. The smallest absolute Gasteiger partial charge is 0.257 e. The van der Waals surface area contributed by atoms with Gasteiger partial charge in [-0.2, -0.15) is 0 Å². The molecule has 2 aromatic heterocycles. The first-order valence-electron chi connectivity index (χ1n) is 6.09. The van der Waals surface area contributed by atoms with Crippen LogP contribution in [0.4, 0.5) is 10.2 Å². The van der Waals surface area contributed by atoms with Crippen LogP contribution in [0, 0.1) is 5.82 Å². The molecule has 2 heterocycles. The van der Waals surface area contributed by atoms with Crippen LogP contribution in [0.5, 0.6) is 0 Å². The third-order valence-electron chi connectivity index (χ3n) is 2.84. The normalized spacial score (nSPS) is 10.2. The molecule has 1 N–H and O–H groups in total. The third-order valence-corrected chi connectivity index (χ3v) is 2.84. The van der Waals surface area contributed by atoms with Crippen molar-refractivity contribution in [1.29, 1.82) is 0 Å². The van der Waals surface area contributed by atoms with Crippen LogP contribution in [0.25, 0.3) is 0 Å². The Labute approximate surface area is 116 Å². The van der Waals surface area contributed by atoms with E-state index in [0.717, 1.165) is 11.8 Å². The first-order valence-corrected chi connectivity index (χ1v) is 6.09. The number of nitrogens with zero attached hydrogens (tertiary/aromatic N) is 3. The van der Waals surface area contributed by atoms with E-state index in [1.807, 2.05) is 12.1 Å². The molecule has 0 bridgehead atoms. The zero-order valence-electron chi connectivity index (χ0n) is 11.3. The van der Waals surface area contributed by atoms with Crippen molar-refractivity contribution < 1.29 is 9.18 Å². The third kappa shape index (κ3) is 3.09. The maximum Gasteiger partial charge on any atom is 0.257 e. The molecule has 2 rings (SSSR count). The van der Waals surface area contributed by atoms with Crippen molar-refractivity contribution in [3.8, 4) is 0 Å². The summed E-state index contributed by atoms with van der Waals surface area (Å²) in [6, 6.07) is 4.84. The van der Waals surface area contributed by atoms with E-state index in [4.69, 9.17) is 0 Å². The molecular formula is C14H15FN4O. The standard InChI is InChI=1S/C14H15FN4O/c1-16-13-12(7-11(15)8-18-13)14(20)19(2)9-10-3-5-17-6-4-10/h3-8H,9H2,1-2H3,(H,16,18). The zero-order valence-corrected chi connectivity index (χ0v) is 11.3. The molecule has 0 aliphatic rings. The van der Waals surface area contributed by atoms with Gasteiger partial charge in [0.05, 0.1) is 11.8 Å². The van der Waals surface area contributed by atoms with Gasteiger partial charge in [-0.05, 0) is 23.8 Å². The van der Waals surface area contributed by atoms with E-state index in [2.05, 4.69) is 15.3 Å². The second kappa shape index (κ2) is 6.10. The Hall–Kier alpha value is -2.50. The lowest BCUT2D eigenvalue weighted by atomic mass is 10.2. The molecular weight excluding hydrogens is 259 g/mol. The molecule has 0 unspecified atom stereocenters. The molecule has 0 saturated heterocycles. The van der Waals surface area contributed by atoms with Gasteiger partial charge in [-0.25, -0.2) is 9.37 Å². The number of rotatable bonds is 4. The molecule has 0 radical (unpaired) electrons. The Bertz CT molecular complexity index is 603. The van der Waals surface area contributed by atoms with Gasteiger partial charge in [0.2, 0.25) is 0 Å². The summed E-state index contributed by atoms with van der Waals surface area (Å²) in [5, 5.41) is 2.79. The van der Waals surface area contributed by atoms with Crippen LogP contribution >= 0.6 is 0 Å². The van der Waals surface area contributed by atoms with E-state index in [9.17, 15) is 9.18 Å². The zero-order chi connectivity index (χ0) is 14.5. The minimum absolute atomic E-state index is 0.212. The summed E-state index contributed by atoms with van der Waals surface area (Å²) in [4.78, 5) is 21.6. The van der Waals surface area contributed by atoms with Crippen molar-refractivity contribution in [3.63, 3.8) is 0 Å². The molecule has 0 saturated carbocycles. The predicted molar refractivity (Wildman–Crippen MR) is 73.8 cm³/mol. The summed E-state index contributed by atoms with van der Waals surface area (Å²) in [5.41, 5.74) is 1.16. The summed E-state index contributed by atoms with van der Waals surface area (Å²) in [6.07, 6.45) is 4.40. The van der Waals surface area contributed by atoms with Crippen molar-refractivity contribution in [2.75, 3.05) is 19.4 Å². The van der Waals surface area contributed by atoms with E-state index in [0.29, 0.717) is 12.4 Å². The van der Waals surface area contributed by atoms with E-state index in [-0.39, 0.29) is 11.5 Å². The number of pyridine rings is 2. The highest BCUT2D eigenvalue weighted by Gasteiger charge is 2.17. The summed E-state index contributed by atoms with van der Waals surface area (Å²) >= 11 is 0. The number of carbonyl (C=O) groups is 1. The van der Waals surface area contributed by atoms with E-state index in [1.54, 1.807) is 26.5 Å². The van der Waals surface area contributed by atoms with Crippen molar-refractivity contribution >= 4 is 11.7 Å². The molecule has 1 amide bonds. The fourth-order valence-corrected chi connectivity index (χ4v) is 1.84. The fraction of sp³-hybridized carbons (Fsp3) is 0.214. The van der Waals surface area contributed by atoms with Crippen molar-refractivity contribution in [2.24, 2.45) is 0 Å². The quantitative estimate of drug-likeness (QED) is 0.925. The van der Waals surface area contributed by atoms with Crippen LogP contribution in [0.1, 0.15) is 15.9 Å². The summed E-state index contributed by atoms with van der Waals surface area (Å²) < 4.78 is 13.3. The fourth-order valence-electron chi connectivity index (χ4n) is 1.84. The van der Waals surface area contributed by atoms with Gasteiger partial charge < -0.3 is 10.2 Å². The molecule has 0 fully saturated rings. The van der Waals surface area contributed by atoms with E-state index < -0.39 is 5.82 Å². The van der Waals surface area contributed by atoms with Gasteiger partial charge in [0.15, 0.2) is 0 Å². The van der Waals surface area contributed by atoms with Crippen LogP contribution in [0.3, 0.4) is 0 Å². The highest BCUT2D eigenvalue weighted by atomic mass is 19.1. The molecule has 5 nitrogen and oxygen atoms in total. The number of amides is 1. The van der Waals surface area contributed by atoms with Crippen LogP contribution in [-0.2, 0) is 6.54 Å². The minimum Gasteiger partial charge on any atom is -0.372 e. The topological polar surface area (TPSA) is 58.1 Å². The predicted octanol–water partition coefficient (Wildman–Crippen LogP) is 1.93. The summed E-state index contributed by atoms with van der Waals surface area (Å²) in [5.74, 6) is -0.471. The number of hydrogen-bond donors (Lipinski definition) is 1. The molecule has 0 aliphatic carbocycles. The van der Waals surface area contributed by atoms with Gasteiger partial charge in [-0.1, -0.05) is 0 Å². The lowest BCUT2D eigenvalue weighted by Crippen LogP contribution is -2.27. The molecule has 0 atom stereocenters. The van der Waals surface area contributed by atoms with Crippen LogP contribution in [0.2, 0.25) is 0 Å². The Morgan fingerprint density at radius 1 is 1.40 bits per heavy atom. The average molecular weight is 274 g/mol. The SMILES string of the molecule is CNc1ncc(F)cc1C(=O)N(C)Cc1ccncc1. The largest absolute Gasteiger partial charge is 0.372 e. The summed E-state index contributed by atoms with van der Waals surface area (Å²) in [6.45, 7) is 0.418. The van der Waals surface area contributed by atoms with Crippen LogP contribution in [-0.4, -0.2) is 34.9 Å². The monoisotopic (exact) mass is 274 g/mol. The number of hydrogen-bond acceptors (Lipinski definition) is 4. The highest BCUT2D eigenvalue weighted by Crippen LogP contribution is 2.16. The second-order valence-corrected chi connectivity index (χ2v) is 4.32. The van der Waals surface area contributed by atoms with Gasteiger partial charge in [-0.3, -0.25) is 9.78 Å². The Morgan fingerprint density at radius 3 is 2.75 bits per heavy atom. The lowest BCUT2D eigenvalue weighted by Gasteiger charge is -2.18. The minimum atomic E-state index is -0.537. The van der Waals surface area contributed by atoms with Crippen LogP contribution < -0.4 is 5.32 Å². The number of aromatic nitrogens is 2. The highest BCUT2D eigenvalue weighted by molar-refractivity contribution is 5.98. The van der Waals surface area contributed by atoms with Crippen molar-refractivity contribution in [3.05, 3.63) is 53.7 Å². The van der Waals surface area contributed by atoms with E-state index >= 15 is 0 Å². The molecule has 6 heteroatoms. The first-order chi connectivity index (χ1) is 9.61. The molecule has 20 heavy (non-hydrogen) atoms. The number of carbonyl (C=O) groups excluding carboxylic acids is 1. The molecule has 104 valence electrons. The van der Waals surface area contributed by atoms with Crippen molar-refractivity contribution in [2.45, 2.75) is 6.54 Å². The van der Waals surface area contributed by atoms with Gasteiger partial charge >= 0.3 is 0 Å². The van der Waals surface area contributed by atoms with Crippen LogP contribution in [0.15, 0.2) is 36.8 Å². The molecule has 0 aliphatic heterocycles. The second-order valence-electron chi connectivity index (χ2n) is 4.32. The first kappa shape index (κ1) is 13.9. The van der Waals surface area contributed by atoms with Crippen molar-refractivity contribution in [1.82, 2.24) is 14.9 Å². The molecule has 2 aromatic rings. The Kier molecular flexibility index (Phi) is 4.24. The Balaban J connectivity index is 2.20. The van der Waals surface area contributed by atoms with E-state index in [1.165, 1.54) is 11.0 Å². The number of halogens is 1. The Morgan fingerprint density at radius 2 is 2.10 bits per heavy atom. The maximum atomic E-state index is 13.3.